The Kier molecular flexibility index (Phi) is 4.12. The Hall–Kier alpha value is -2.66. The third kappa shape index (κ3) is 2.96. The van der Waals surface area contributed by atoms with Gasteiger partial charge in [-0.05, 0) is 36.2 Å². The molecule has 0 fully saturated rings. The molecule has 1 atom stereocenters. The van der Waals surface area contributed by atoms with Crippen molar-refractivity contribution in [3.63, 3.8) is 0 Å². The molecule has 3 rings (SSSR count). The van der Waals surface area contributed by atoms with Crippen LogP contribution in [0.2, 0.25) is 0 Å². The summed E-state index contributed by atoms with van der Waals surface area (Å²) in [4.78, 5) is 25.9. The van der Waals surface area contributed by atoms with Crippen molar-refractivity contribution < 1.29 is 14.3 Å². The number of nitrogens with two attached hydrogens (primary N) is 1. The number of imide groups is 1. The average molecular weight is 310 g/mol. The molecule has 0 unspecified atom stereocenters. The summed E-state index contributed by atoms with van der Waals surface area (Å²) < 4.78 is 5.12. The molecule has 118 valence electrons. The van der Waals surface area contributed by atoms with Crippen LogP contribution in [0.25, 0.3) is 0 Å². The first-order valence-corrected chi connectivity index (χ1v) is 7.44. The molecule has 0 radical (unpaired) electrons. The topological polar surface area (TPSA) is 72.6 Å². The van der Waals surface area contributed by atoms with Crippen LogP contribution in [0, 0.1) is 0 Å². The predicted octanol–water partition coefficient (Wildman–Crippen LogP) is 1.86. The van der Waals surface area contributed by atoms with E-state index in [9.17, 15) is 9.59 Å². The van der Waals surface area contributed by atoms with Crippen molar-refractivity contribution >= 4 is 11.8 Å². The molecule has 1 heterocycles. The molecular formula is C18H18N2O3. The summed E-state index contributed by atoms with van der Waals surface area (Å²) in [7, 11) is 1.61. The van der Waals surface area contributed by atoms with Crippen molar-refractivity contribution in [2.24, 2.45) is 5.73 Å². The minimum Gasteiger partial charge on any atom is -0.497 e. The molecule has 2 amide bonds. The monoisotopic (exact) mass is 310 g/mol. The second-order valence-electron chi connectivity index (χ2n) is 5.58. The van der Waals surface area contributed by atoms with Crippen molar-refractivity contribution in [2.45, 2.75) is 12.5 Å². The lowest BCUT2D eigenvalue weighted by atomic mass is 10.1. The maximum Gasteiger partial charge on any atom is 0.261 e. The molecule has 23 heavy (non-hydrogen) atoms. The van der Waals surface area contributed by atoms with Gasteiger partial charge in [0.2, 0.25) is 0 Å². The number of ether oxygens (including phenoxy) is 1. The zero-order valence-electron chi connectivity index (χ0n) is 12.9. The zero-order chi connectivity index (χ0) is 16.4. The maximum absolute atomic E-state index is 12.3. The van der Waals surface area contributed by atoms with Gasteiger partial charge in [-0.3, -0.25) is 14.5 Å². The van der Waals surface area contributed by atoms with E-state index in [1.54, 1.807) is 31.4 Å². The lowest BCUT2D eigenvalue weighted by molar-refractivity contribution is 0.0644. The smallest absolute Gasteiger partial charge is 0.261 e. The number of carbonyl (C=O) groups excluding carboxylic acids is 2. The lowest BCUT2D eigenvalue weighted by Gasteiger charge is -2.19. The molecule has 0 saturated heterocycles. The largest absolute Gasteiger partial charge is 0.497 e. The highest BCUT2D eigenvalue weighted by molar-refractivity contribution is 6.21. The van der Waals surface area contributed by atoms with Gasteiger partial charge in [0.1, 0.15) is 5.75 Å². The molecule has 0 spiro atoms. The SMILES string of the molecule is COc1ccc(C[C@@H](N)CN2C(=O)c3ccccc3C2=O)cc1. The number of fused-ring (bicyclic) bond motifs is 1. The van der Waals surface area contributed by atoms with Gasteiger partial charge < -0.3 is 10.5 Å². The molecule has 0 saturated carbocycles. The van der Waals surface area contributed by atoms with E-state index in [0.717, 1.165) is 11.3 Å². The second-order valence-corrected chi connectivity index (χ2v) is 5.58. The van der Waals surface area contributed by atoms with Gasteiger partial charge in [-0.2, -0.15) is 0 Å². The number of carbonyl (C=O) groups is 2. The van der Waals surface area contributed by atoms with E-state index >= 15 is 0 Å². The van der Waals surface area contributed by atoms with Gasteiger partial charge in [-0.1, -0.05) is 24.3 Å². The molecule has 2 aromatic carbocycles. The Labute approximate surface area is 134 Å². The molecule has 2 N–H and O–H groups in total. The Morgan fingerprint density at radius 3 is 2.09 bits per heavy atom. The van der Waals surface area contributed by atoms with Gasteiger partial charge in [0.05, 0.1) is 18.2 Å². The summed E-state index contributed by atoms with van der Waals surface area (Å²) in [5.74, 6) is 0.245. The summed E-state index contributed by atoms with van der Waals surface area (Å²) >= 11 is 0. The Morgan fingerprint density at radius 1 is 1.00 bits per heavy atom. The quantitative estimate of drug-likeness (QED) is 0.856. The summed E-state index contributed by atoms with van der Waals surface area (Å²) in [6, 6.07) is 14.1. The van der Waals surface area contributed by atoms with Crippen LogP contribution < -0.4 is 10.5 Å². The van der Waals surface area contributed by atoms with Gasteiger partial charge in [0.25, 0.3) is 11.8 Å². The first-order valence-electron chi connectivity index (χ1n) is 7.44. The number of amides is 2. The van der Waals surface area contributed by atoms with Crippen LogP contribution in [0.5, 0.6) is 5.75 Å². The van der Waals surface area contributed by atoms with Crippen molar-refractivity contribution in [1.29, 1.82) is 0 Å². The molecule has 0 bridgehead atoms. The fourth-order valence-corrected chi connectivity index (χ4v) is 2.77. The third-order valence-corrected chi connectivity index (χ3v) is 3.95. The lowest BCUT2D eigenvalue weighted by Crippen LogP contribution is -2.41. The van der Waals surface area contributed by atoms with Crippen molar-refractivity contribution in [2.75, 3.05) is 13.7 Å². The van der Waals surface area contributed by atoms with Crippen LogP contribution in [-0.2, 0) is 6.42 Å². The van der Waals surface area contributed by atoms with Gasteiger partial charge in [-0.15, -0.1) is 0 Å². The molecule has 2 aromatic rings. The minimum atomic E-state index is -0.314. The van der Waals surface area contributed by atoms with Gasteiger partial charge in [-0.25, -0.2) is 0 Å². The zero-order valence-corrected chi connectivity index (χ0v) is 12.9. The number of hydrogen-bond donors (Lipinski definition) is 1. The molecule has 0 aliphatic carbocycles. The molecular weight excluding hydrogens is 292 g/mol. The van der Waals surface area contributed by atoms with Crippen LogP contribution >= 0.6 is 0 Å². The number of methoxy groups -OCH3 is 1. The Balaban J connectivity index is 1.67. The fraction of sp³-hybridized carbons (Fsp3) is 0.222. The highest BCUT2D eigenvalue weighted by atomic mass is 16.5. The summed E-state index contributed by atoms with van der Waals surface area (Å²) in [5.41, 5.74) is 8.08. The molecule has 0 aromatic heterocycles. The fourth-order valence-electron chi connectivity index (χ4n) is 2.77. The highest BCUT2D eigenvalue weighted by Gasteiger charge is 2.35. The molecule has 5 heteroatoms. The van der Waals surface area contributed by atoms with E-state index in [1.165, 1.54) is 4.90 Å². The highest BCUT2D eigenvalue weighted by Crippen LogP contribution is 2.22. The normalized spacial score (nSPS) is 14.8. The van der Waals surface area contributed by atoms with Crippen LogP contribution in [-0.4, -0.2) is 36.4 Å². The van der Waals surface area contributed by atoms with Crippen molar-refractivity contribution in [3.05, 3.63) is 65.2 Å². The van der Waals surface area contributed by atoms with Crippen LogP contribution in [0.1, 0.15) is 26.3 Å². The average Bonchev–Trinajstić information content (AvgIpc) is 2.81. The van der Waals surface area contributed by atoms with Crippen molar-refractivity contribution in [3.8, 4) is 5.75 Å². The van der Waals surface area contributed by atoms with E-state index in [0.29, 0.717) is 17.5 Å². The minimum absolute atomic E-state index is 0.207. The number of hydrogen-bond acceptors (Lipinski definition) is 4. The van der Waals surface area contributed by atoms with Crippen LogP contribution in [0.4, 0.5) is 0 Å². The molecule has 5 nitrogen and oxygen atoms in total. The second kappa shape index (κ2) is 6.22. The number of rotatable bonds is 5. The summed E-state index contributed by atoms with van der Waals surface area (Å²) in [6.07, 6.45) is 0.581. The van der Waals surface area contributed by atoms with Gasteiger partial charge in [0, 0.05) is 12.6 Å². The molecule has 1 aliphatic rings. The number of nitrogens with zero attached hydrogens (tertiary/aromatic N) is 1. The Morgan fingerprint density at radius 2 is 1.57 bits per heavy atom. The standard InChI is InChI=1S/C18H18N2O3/c1-23-14-8-6-12(7-9-14)10-13(19)11-20-17(21)15-4-2-3-5-16(15)18(20)22/h2-9,13H,10-11,19H2,1H3/t13-/m1/s1. The van der Waals surface area contributed by atoms with E-state index in [4.69, 9.17) is 10.5 Å². The van der Waals surface area contributed by atoms with Crippen LogP contribution in [0.3, 0.4) is 0 Å². The maximum atomic E-state index is 12.3. The van der Waals surface area contributed by atoms with Crippen LogP contribution in [0.15, 0.2) is 48.5 Å². The van der Waals surface area contributed by atoms with Gasteiger partial charge in [0.15, 0.2) is 0 Å². The first kappa shape index (κ1) is 15.2. The summed E-state index contributed by atoms with van der Waals surface area (Å²) in [6.45, 7) is 0.207. The third-order valence-electron chi connectivity index (χ3n) is 3.95. The Bertz CT molecular complexity index is 705. The van der Waals surface area contributed by atoms with Crippen molar-refractivity contribution in [1.82, 2.24) is 4.90 Å². The van der Waals surface area contributed by atoms with E-state index < -0.39 is 0 Å². The molecule has 1 aliphatic heterocycles. The predicted molar refractivity (Wildman–Crippen MR) is 86.5 cm³/mol. The van der Waals surface area contributed by atoms with E-state index in [2.05, 4.69) is 0 Å². The van der Waals surface area contributed by atoms with E-state index in [1.807, 2.05) is 24.3 Å². The summed E-state index contributed by atoms with van der Waals surface area (Å²) in [5, 5.41) is 0. The first-order chi connectivity index (χ1) is 11.1. The van der Waals surface area contributed by atoms with E-state index in [-0.39, 0.29) is 24.4 Å². The number of benzene rings is 2. The van der Waals surface area contributed by atoms with Gasteiger partial charge >= 0.3 is 0 Å².